The van der Waals surface area contributed by atoms with Crippen LogP contribution in [0.3, 0.4) is 0 Å². The fourth-order valence-electron chi connectivity index (χ4n) is 1.39. The molecule has 4 nitrogen and oxygen atoms in total. The molecule has 0 spiro atoms. The molecule has 1 atom stereocenters. The second-order valence-electron chi connectivity index (χ2n) is 3.51. The Kier molecular flexibility index (Phi) is 4.25. The molecule has 0 saturated carbocycles. The van der Waals surface area contributed by atoms with E-state index in [-0.39, 0.29) is 5.56 Å². The lowest BCUT2D eigenvalue weighted by molar-refractivity contribution is -0.0712. The lowest BCUT2D eigenvalue weighted by Crippen LogP contribution is -2.36. The summed E-state index contributed by atoms with van der Waals surface area (Å²) >= 11 is 0. The van der Waals surface area contributed by atoms with E-state index in [4.69, 9.17) is 20.3 Å². The van der Waals surface area contributed by atoms with Crippen LogP contribution in [0.5, 0.6) is 11.5 Å². The molecule has 0 aliphatic carbocycles. The number of aliphatic hydroxyl groups is 1. The van der Waals surface area contributed by atoms with E-state index in [1.165, 1.54) is 32.4 Å². The molecule has 0 aliphatic rings. The van der Waals surface area contributed by atoms with Gasteiger partial charge in [0, 0.05) is 0 Å². The van der Waals surface area contributed by atoms with Crippen molar-refractivity contribution in [2.24, 2.45) is 5.73 Å². The number of aliphatic hydroxyl groups excluding tert-OH is 1. The van der Waals surface area contributed by atoms with Crippen molar-refractivity contribution in [2.45, 2.75) is 12.0 Å². The van der Waals surface area contributed by atoms with Crippen LogP contribution >= 0.6 is 0 Å². The standard InChI is InChI=1S/C11H15F2NO3/c1-16-8-4-3-7(5-9(8)17-2)10(14)11(12,13)6-15/h3-5,10,15H,6,14H2,1-2H3/t10-/m1/s1. The van der Waals surface area contributed by atoms with Crippen molar-refractivity contribution in [3.8, 4) is 11.5 Å². The highest BCUT2D eigenvalue weighted by atomic mass is 19.3. The van der Waals surface area contributed by atoms with E-state index in [0.717, 1.165) is 0 Å². The molecule has 0 fully saturated rings. The summed E-state index contributed by atoms with van der Waals surface area (Å²) in [6, 6.07) is 2.68. The van der Waals surface area contributed by atoms with E-state index in [1.54, 1.807) is 0 Å². The van der Waals surface area contributed by atoms with Gasteiger partial charge in [-0.05, 0) is 17.7 Å². The van der Waals surface area contributed by atoms with Gasteiger partial charge in [-0.2, -0.15) is 0 Å². The summed E-state index contributed by atoms with van der Waals surface area (Å²) in [7, 11) is 2.84. The van der Waals surface area contributed by atoms with Crippen molar-refractivity contribution < 1.29 is 23.4 Å². The minimum Gasteiger partial charge on any atom is -0.493 e. The smallest absolute Gasteiger partial charge is 0.289 e. The SMILES string of the molecule is COc1ccc([C@@H](N)C(F)(F)CO)cc1OC. The lowest BCUT2D eigenvalue weighted by atomic mass is 10.0. The maximum Gasteiger partial charge on any atom is 0.289 e. The third-order valence-corrected chi connectivity index (χ3v) is 2.43. The van der Waals surface area contributed by atoms with E-state index < -0.39 is 18.6 Å². The number of benzene rings is 1. The van der Waals surface area contributed by atoms with Crippen LogP contribution in [0.15, 0.2) is 18.2 Å². The molecule has 1 aromatic carbocycles. The molecular weight excluding hydrogens is 232 g/mol. The van der Waals surface area contributed by atoms with E-state index in [9.17, 15) is 8.78 Å². The highest BCUT2D eigenvalue weighted by Crippen LogP contribution is 2.34. The Morgan fingerprint density at radius 2 is 1.88 bits per heavy atom. The van der Waals surface area contributed by atoms with Crippen LogP contribution in [0.4, 0.5) is 8.78 Å². The normalized spacial score (nSPS) is 13.3. The van der Waals surface area contributed by atoms with Gasteiger partial charge >= 0.3 is 0 Å². The molecule has 0 radical (unpaired) electrons. The van der Waals surface area contributed by atoms with Crippen LogP contribution in [0.25, 0.3) is 0 Å². The van der Waals surface area contributed by atoms with Gasteiger partial charge in [0.1, 0.15) is 6.61 Å². The first-order valence-electron chi connectivity index (χ1n) is 4.92. The summed E-state index contributed by atoms with van der Waals surface area (Å²) in [6.45, 7) is -1.30. The quantitative estimate of drug-likeness (QED) is 0.824. The zero-order chi connectivity index (χ0) is 13.1. The molecule has 17 heavy (non-hydrogen) atoms. The third kappa shape index (κ3) is 2.83. The third-order valence-electron chi connectivity index (χ3n) is 2.43. The molecule has 0 aliphatic heterocycles. The molecule has 0 saturated heterocycles. The number of nitrogens with two attached hydrogens (primary N) is 1. The van der Waals surface area contributed by atoms with Gasteiger partial charge in [-0.1, -0.05) is 6.07 Å². The summed E-state index contributed by atoms with van der Waals surface area (Å²) in [5, 5.41) is 8.57. The summed E-state index contributed by atoms with van der Waals surface area (Å²) in [5.41, 5.74) is 5.56. The first kappa shape index (κ1) is 13.7. The molecular formula is C11H15F2NO3. The lowest BCUT2D eigenvalue weighted by Gasteiger charge is -2.22. The fraction of sp³-hybridized carbons (Fsp3) is 0.455. The van der Waals surface area contributed by atoms with Gasteiger partial charge in [-0.15, -0.1) is 0 Å². The molecule has 1 rings (SSSR count). The van der Waals surface area contributed by atoms with Crippen LogP contribution < -0.4 is 15.2 Å². The molecule has 6 heteroatoms. The van der Waals surface area contributed by atoms with E-state index >= 15 is 0 Å². The minimum absolute atomic E-state index is 0.168. The van der Waals surface area contributed by atoms with E-state index in [1.807, 2.05) is 0 Å². The minimum atomic E-state index is -3.38. The van der Waals surface area contributed by atoms with Crippen molar-refractivity contribution in [2.75, 3.05) is 20.8 Å². The van der Waals surface area contributed by atoms with Gasteiger partial charge in [0.15, 0.2) is 11.5 Å². The monoisotopic (exact) mass is 247 g/mol. The Morgan fingerprint density at radius 3 is 2.35 bits per heavy atom. The average Bonchev–Trinajstić information content (AvgIpc) is 2.36. The summed E-state index contributed by atoms with van der Waals surface area (Å²) in [5.74, 6) is -2.63. The topological polar surface area (TPSA) is 64.7 Å². The van der Waals surface area contributed by atoms with Crippen molar-refractivity contribution in [1.82, 2.24) is 0 Å². The van der Waals surface area contributed by atoms with Crippen LogP contribution in [-0.2, 0) is 0 Å². The highest BCUT2D eigenvalue weighted by molar-refractivity contribution is 5.44. The number of halogens is 2. The zero-order valence-electron chi connectivity index (χ0n) is 9.61. The maximum absolute atomic E-state index is 13.2. The molecule has 96 valence electrons. The van der Waals surface area contributed by atoms with Gasteiger partial charge in [0.25, 0.3) is 5.92 Å². The van der Waals surface area contributed by atoms with Gasteiger partial charge in [-0.25, -0.2) is 8.78 Å². The summed E-state index contributed by atoms with van der Waals surface area (Å²) < 4.78 is 36.4. The first-order valence-corrected chi connectivity index (χ1v) is 4.92. The molecule has 0 bridgehead atoms. The summed E-state index contributed by atoms with van der Waals surface area (Å²) in [6.07, 6.45) is 0. The average molecular weight is 247 g/mol. The predicted octanol–water partition coefficient (Wildman–Crippen LogP) is 1.33. The van der Waals surface area contributed by atoms with Crippen molar-refractivity contribution in [3.05, 3.63) is 23.8 Å². The van der Waals surface area contributed by atoms with Gasteiger partial charge in [-0.3, -0.25) is 0 Å². The molecule has 3 N–H and O–H groups in total. The maximum atomic E-state index is 13.2. The molecule has 0 aromatic heterocycles. The van der Waals surface area contributed by atoms with Crippen molar-refractivity contribution in [3.63, 3.8) is 0 Å². The van der Waals surface area contributed by atoms with E-state index in [0.29, 0.717) is 11.5 Å². The predicted molar refractivity (Wildman–Crippen MR) is 58.5 cm³/mol. The van der Waals surface area contributed by atoms with Crippen LogP contribution in [0.1, 0.15) is 11.6 Å². The van der Waals surface area contributed by atoms with Crippen molar-refractivity contribution >= 4 is 0 Å². The number of methoxy groups -OCH3 is 2. The Balaban J connectivity index is 3.07. The van der Waals surface area contributed by atoms with Crippen LogP contribution in [-0.4, -0.2) is 31.9 Å². The Morgan fingerprint density at radius 1 is 1.29 bits per heavy atom. The van der Waals surface area contributed by atoms with Crippen LogP contribution in [0, 0.1) is 0 Å². The molecule has 1 aromatic rings. The number of alkyl halides is 2. The van der Waals surface area contributed by atoms with E-state index in [2.05, 4.69) is 0 Å². The largest absolute Gasteiger partial charge is 0.493 e. The fourth-order valence-corrected chi connectivity index (χ4v) is 1.39. The summed E-state index contributed by atoms with van der Waals surface area (Å²) in [4.78, 5) is 0. The Hall–Kier alpha value is -1.40. The molecule has 0 heterocycles. The van der Waals surface area contributed by atoms with Gasteiger partial charge in [0.05, 0.1) is 20.3 Å². The molecule has 0 amide bonds. The molecule has 0 unspecified atom stereocenters. The number of rotatable bonds is 5. The first-order chi connectivity index (χ1) is 7.96. The second kappa shape index (κ2) is 5.29. The van der Waals surface area contributed by atoms with Gasteiger partial charge < -0.3 is 20.3 Å². The number of hydrogen-bond acceptors (Lipinski definition) is 4. The highest BCUT2D eigenvalue weighted by Gasteiger charge is 2.37. The zero-order valence-corrected chi connectivity index (χ0v) is 9.61. The Labute approximate surface area is 97.9 Å². The van der Waals surface area contributed by atoms with Crippen LogP contribution in [0.2, 0.25) is 0 Å². The number of hydrogen-bond donors (Lipinski definition) is 2. The van der Waals surface area contributed by atoms with Crippen molar-refractivity contribution in [1.29, 1.82) is 0 Å². The second-order valence-corrected chi connectivity index (χ2v) is 3.51. The Bertz CT molecular complexity index is 385. The van der Waals surface area contributed by atoms with Gasteiger partial charge in [0.2, 0.25) is 0 Å². The number of ether oxygens (including phenoxy) is 2.